The monoisotopic (exact) mass is 489 g/mol. The average molecular weight is 490 g/mol. The van der Waals surface area contributed by atoms with E-state index in [0.29, 0.717) is 16.9 Å². The molecule has 0 bridgehead atoms. The molecule has 3 N–H and O–H groups in total. The van der Waals surface area contributed by atoms with E-state index < -0.39 is 11.9 Å². The van der Waals surface area contributed by atoms with Crippen molar-refractivity contribution in [2.24, 2.45) is 0 Å². The van der Waals surface area contributed by atoms with Gasteiger partial charge in [0, 0.05) is 5.69 Å². The number of hydrogen-bond acceptors (Lipinski definition) is 9. The van der Waals surface area contributed by atoms with Crippen molar-refractivity contribution in [3.05, 3.63) is 71.0 Å². The van der Waals surface area contributed by atoms with Crippen LogP contribution in [0.3, 0.4) is 0 Å². The fourth-order valence-corrected chi connectivity index (χ4v) is 3.58. The molecule has 10 nitrogen and oxygen atoms in total. The number of anilines is 3. The summed E-state index contributed by atoms with van der Waals surface area (Å²) in [6.45, 7) is 7.22. The number of nitrogens with zero attached hydrogens (tertiary/aromatic N) is 2. The number of aryl methyl sites for hydroxylation is 3. The van der Waals surface area contributed by atoms with Crippen molar-refractivity contribution in [2.75, 3.05) is 24.0 Å². The quantitative estimate of drug-likeness (QED) is 0.228. The molecule has 10 heteroatoms. The van der Waals surface area contributed by atoms with Gasteiger partial charge in [-0.05, 0) is 63.1 Å². The van der Waals surface area contributed by atoms with Crippen LogP contribution in [-0.4, -0.2) is 35.1 Å². The molecule has 0 aliphatic heterocycles. The topological polar surface area (TPSA) is 128 Å². The number of carbonyl (C=O) groups excluding carboxylic acids is 2. The van der Waals surface area contributed by atoms with E-state index in [1.807, 2.05) is 56.3 Å². The summed E-state index contributed by atoms with van der Waals surface area (Å²) in [5.74, 6) is 0.254. The number of nitrogens with one attached hydrogen (secondary N) is 3. The van der Waals surface area contributed by atoms with E-state index in [1.165, 1.54) is 0 Å². The number of carbonyl (C=O) groups is 2. The molecular formula is C26H27N5O5. The SMILES string of the molecule is CCOC(=O)c1c(C)oc2nc(Nc3cccc(C)c3)nc(NNC(=O)COc3cccc(C)c3)c12. The highest BCUT2D eigenvalue weighted by atomic mass is 16.5. The summed E-state index contributed by atoms with van der Waals surface area (Å²) < 4.78 is 16.5. The first kappa shape index (κ1) is 24.5. The Kier molecular flexibility index (Phi) is 7.33. The molecule has 0 saturated heterocycles. The van der Waals surface area contributed by atoms with Gasteiger partial charge in [0.1, 0.15) is 17.1 Å². The molecule has 0 saturated carbocycles. The number of amides is 1. The van der Waals surface area contributed by atoms with Gasteiger partial charge in [0.05, 0.1) is 12.0 Å². The highest BCUT2D eigenvalue weighted by Gasteiger charge is 2.25. The summed E-state index contributed by atoms with van der Waals surface area (Å²) in [4.78, 5) is 34.0. The summed E-state index contributed by atoms with van der Waals surface area (Å²) in [6, 6.07) is 15.1. The third-order valence-corrected chi connectivity index (χ3v) is 5.16. The third kappa shape index (κ3) is 5.72. The van der Waals surface area contributed by atoms with E-state index in [1.54, 1.807) is 19.9 Å². The van der Waals surface area contributed by atoms with Crippen molar-refractivity contribution in [3.63, 3.8) is 0 Å². The molecule has 36 heavy (non-hydrogen) atoms. The molecule has 2 aromatic heterocycles. The minimum absolute atomic E-state index is 0.161. The van der Waals surface area contributed by atoms with Crippen molar-refractivity contribution in [2.45, 2.75) is 27.7 Å². The second-order valence-corrected chi connectivity index (χ2v) is 8.10. The van der Waals surface area contributed by atoms with Crippen molar-refractivity contribution in [1.82, 2.24) is 15.4 Å². The molecule has 0 fully saturated rings. The second-order valence-electron chi connectivity index (χ2n) is 8.10. The Morgan fingerprint density at radius 1 is 1.00 bits per heavy atom. The Morgan fingerprint density at radius 3 is 2.47 bits per heavy atom. The van der Waals surface area contributed by atoms with Gasteiger partial charge in [-0.25, -0.2) is 4.79 Å². The molecule has 0 aliphatic rings. The lowest BCUT2D eigenvalue weighted by Crippen LogP contribution is -2.34. The van der Waals surface area contributed by atoms with Crippen LogP contribution in [0, 0.1) is 20.8 Å². The summed E-state index contributed by atoms with van der Waals surface area (Å²) in [5, 5.41) is 3.42. The zero-order chi connectivity index (χ0) is 25.7. The number of ether oxygens (including phenoxy) is 2. The fraction of sp³-hybridized carbons (Fsp3) is 0.231. The summed E-state index contributed by atoms with van der Waals surface area (Å²) in [6.07, 6.45) is 0. The fourth-order valence-electron chi connectivity index (χ4n) is 3.58. The van der Waals surface area contributed by atoms with Gasteiger partial charge >= 0.3 is 5.97 Å². The Labute approximate surface area is 208 Å². The Balaban J connectivity index is 1.61. The molecule has 2 heterocycles. The van der Waals surface area contributed by atoms with Crippen LogP contribution in [0.25, 0.3) is 11.1 Å². The first-order valence-corrected chi connectivity index (χ1v) is 11.4. The van der Waals surface area contributed by atoms with Crippen LogP contribution in [0.4, 0.5) is 17.5 Å². The van der Waals surface area contributed by atoms with Crippen molar-refractivity contribution in [1.29, 1.82) is 0 Å². The Bertz CT molecular complexity index is 1420. The van der Waals surface area contributed by atoms with Gasteiger partial charge in [-0.3, -0.25) is 15.6 Å². The Hall–Kier alpha value is -4.60. The lowest BCUT2D eigenvalue weighted by molar-refractivity contribution is -0.122. The molecule has 4 rings (SSSR count). The largest absolute Gasteiger partial charge is 0.484 e. The van der Waals surface area contributed by atoms with Crippen LogP contribution in [-0.2, 0) is 9.53 Å². The molecule has 0 unspecified atom stereocenters. The zero-order valence-electron chi connectivity index (χ0n) is 20.5. The standard InChI is InChI=1S/C26H27N5O5/c1-5-34-25(33)21-17(4)36-24-22(21)23(28-26(29-24)27-18-10-6-8-15(2)12-18)31-30-20(32)14-35-19-11-7-9-16(3)13-19/h6-13H,5,14H2,1-4H3,(H,30,32)(H2,27,28,29,31). The van der Waals surface area contributed by atoms with Crippen molar-refractivity contribution >= 4 is 40.4 Å². The van der Waals surface area contributed by atoms with Crippen LogP contribution in [0.5, 0.6) is 5.75 Å². The molecule has 0 atom stereocenters. The molecule has 1 amide bonds. The third-order valence-electron chi connectivity index (χ3n) is 5.16. The van der Waals surface area contributed by atoms with Crippen LogP contribution in [0.2, 0.25) is 0 Å². The molecule has 2 aromatic carbocycles. The minimum atomic E-state index is -0.575. The number of rotatable bonds is 9. The van der Waals surface area contributed by atoms with E-state index in [2.05, 4.69) is 26.1 Å². The van der Waals surface area contributed by atoms with E-state index in [0.717, 1.165) is 16.8 Å². The molecular weight excluding hydrogens is 462 g/mol. The van der Waals surface area contributed by atoms with Gasteiger partial charge in [-0.1, -0.05) is 24.3 Å². The average Bonchev–Trinajstić information content (AvgIpc) is 3.17. The lowest BCUT2D eigenvalue weighted by atomic mass is 10.2. The lowest BCUT2D eigenvalue weighted by Gasteiger charge is -2.12. The maximum absolute atomic E-state index is 12.6. The maximum atomic E-state index is 12.6. The number of hydrazine groups is 1. The number of fused-ring (bicyclic) bond motifs is 1. The van der Waals surface area contributed by atoms with Crippen LogP contribution < -0.4 is 20.9 Å². The number of furan rings is 1. The van der Waals surface area contributed by atoms with Gasteiger partial charge in [0.25, 0.3) is 5.91 Å². The Morgan fingerprint density at radius 2 is 1.75 bits per heavy atom. The summed E-state index contributed by atoms with van der Waals surface area (Å²) in [7, 11) is 0. The van der Waals surface area contributed by atoms with Crippen LogP contribution >= 0.6 is 0 Å². The van der Waals surface area contributed by atoms with E-state index in [-0.39, 0.29) is 36.3 Å². The van der Waals surface area contributed by atoms with Gasteiger partial charge in [0.2, 0.25) is 11.7 Å². The molecule has 4 aromatic rings. The highest BCUT2D eigenvalue weighted by Crippen LogP contribution is 2.32. The van der Waals surface area contributed by atoms with Crippen LogP contribution in [0.15, 0.2) is 52.9 Å². The second kappa shape index (κ2) is 10.8. The number of benzene rings is 2. The van der Waals surface area contributed by atoms with E-state index in [4.69, 9.17) is 13.9 Å². The van der Waals surface area contributed by atoms with Gasteiger partial charge in [0.15, 0.2) is 12.4 Å². The van der Waals surface area contributed by atoms with Crippen molar-refractivity contribution in [3.8, 4) is 5.75 Å². The van der Waals surface area contributed by atoms with Crippen molar-refractivity contribution < 1.29 is 23.5 Å². The molecule has 0 aliphatic carbocycles. The van der Waals surface area contributed by atoms with Crippen LogP contribution in [0.1, 0.15) is 34.2 Å². The normalized spacial score (nSPS) is 10.7. The summed E-state index contributed by atoms with van der Waals surface area (Å²) in [5.41, 5.74) is 8.53. The zero-order valence-corrected chi connectivity index (χ0v) is 20.5. The smallest absolute Gasteiger partial charge is 0.342 e. The minimum Gasteiger partial charge on any atom is -0.484 e. The predicted molar refractivity (Wildman–Crippen MR) is 135 cm³/mol. The number of hydrogen-bond donors (Lipinski definition) is 3. The highest BCUT2D eigenvalue weighted by molar-refractivity contribution is 6.08. The first-order chi connectivity index (χ1) is 17.3. The van der Waals surface area contributed by atoms with Gasteiger partial charge in [-0.2, -0.15) is 9.97 Å². The number of aromatic nitrogens is 2. The predicted octanol–water partition coefficient (Wildman–Crippen LogP) is 4.59. The van der Waals surface area contributed by atoms with E-state index in [9.17, 15) is 9.59 Å². The number of esters is 1. The maximum Gasteiger partial charge on any atom is 0.342 e. The first-order valence-electron chi connectivity index (χ1n) is 11.4. The molecule has 0 radical (unpaired) electrons. The molecule has 0 spiro atoms. The summed E-state index contributed by atoms with van der Waals surface area (Å²) >= 11 is 0. The molecule has 186 valence electrons. The van der Waals surface area contributed by atoms with Gasteiger partial charge in [-0.15, -0.1) is 0 Å². The van der Waals surface area contributed by atoms with Gasteiger partial charge < -0.3 is 19.2 Å². The van der Waals surface area contributed by atoms with E-state index >= 15 is 0 Å².